The number of nitrogens with two attached hydrogens (primary N) is 1. The molecule has 0 bridgehead atoms. The van der Waals surface area contributed by atoms with Crippen molar-refractivity contribution >= 4 is 5.97 Å². The first-order chi connectivity index (χ1) is 8.59. The first-order valence-corrected chi connectivity index (χ1v) is 5.42. The molecule has 0 aliphatic carbocycles. The molecule has 1 atom stereocenters. The predicted molar refractivity (Wildman–Crippen MR) is 68.8 cm³/mol. The quantitative estimate of drug-likeness (QED) is 0.759. The van der Waals surface area contributed by atoms with Gasteiger partial charge in [-0.1, -0.05) is 30.3 Å². The summed E-state index contributed by atoms with van der Waals surface area (Å²) in [6.45, 7) is 3.72. The number of nitrogens with one attached hydrogen (secondary N) is 1. The summed E-state index contributed by atoms with van der Waals surface area (Å²) in [6.07, 6.45) is 3.38. The minimum atomic E-state index is -1.01. The highest BCUT2D eigenvalue weighted by Gasteiger charge is 2.12. The molecule has 1 heterocycles. The van der Waals surface area contributed by atoms with Crippen LogP contribution >= 0.6 is 0 Å². The fourth-order valence-electron chi connectivity index (χ4n) is 1.19. The number of nitrogens with zero attached hydrogens (tertiary/aromatic N) is 1. The fourth-order valence-corrected chi connectivity index (χ4v) is 1.19. The van der Waals surface area contributed by atoms with Crippen molar-refractivity contribution in [2.75, 3.05) is 0 Å². The van der Waals surface area contributed by atoms with E-state index in [1.807, 2.05) is 30.3 Å². The van der Waals surface area contributed by atoms with Crippen molar-refractivity contribution in [2.45, 2.75) is 12.5 Å². The molecule has 1 unspecified atom stereocenters. The number of aromatic nitrogens is 2. The maximum Gasteiger partial charge on any atom is 0.320 e. The summed E-state index contributed by atoms with van der Waals surface area (Å²) >= 11 is 0. The van der Waals surface area contributed by atoms with Gasteiger partial charge in [-0.05, 0) is 12.5 Å². The van der Waals surface area contributed by atoms with E-state index in [1.54, 1.807) is 6.20 Å². The molecule has 2 rings (SSSR count). The average molecular weight is 246 g/mol. The predicted octanol–water partition coefficient (Wildman–Crippen LogP) is 1.23. The Morgan fingerprint density at radius 3 is 2.50 bits per heavy atom. The van der Waals surface area contributed by atoms with E-state index in [4.69, 9.17) is 10.8 Å². The molecule has 0 aliphatic heterocycles. The van der Waals surface area contributed by atoms with Gasteiger partial charge in [0.1, 0.15) is 6.04 Å². The molecule has 5 heteroatoms. The molecule has 1 radical (unpaired) electrons. The smallest absolute Gasteiger partial charge is 0.320 e. The third-order valence-corrected chi connectivity index (χ3v) is 2.14. The molecule has 0 saturated carbocycles. The third kappa shape index (κ3) is 5.27. The number of imidazole rings is 1. The summed E-state index contributed by atoms with van der Waals surface area (Å²) in [5.74, 6) is -1.01. The topological polar surface area (TPSA) is 92.0 Å². The number of benzene rings is 1. The highest BCUT2D eigenvalue weighted by atomic mass is 16.4. The molecule has 0 aliphatic rings. The molecule has 95 valence electrons. The Morgan fingerprint density at radius 1 is 1.44 bits per heavy atom. The number of rotatable bonds is 3. The van der Waals surface area contributed by atoms with Crippen LogP contribution < -0.4 is 5.73 Å². The SMILES string of the molecule is NC(Cc1c[nH]cn1)C(=O)O.[CH2]c1ccccc1. The van der Waals surface area contributed by atoms with Crippen LogP contribution in [0, 0.1) is 6.92 Å². The van der Waals surface area contributed by atoms with E-state index >= 15 is 0 Å². The molecule has 0 saturated heterocycles. The minimum Gasteiger partial charge on any atom is -0.480 e. The zero-order chi connectivity index (χ0) is 13.4. The zero-order valence-electron chi connectivity index (χ0n) is 9.91. The number of aliphatic carboxylic acids is 1. The van der Waals surface area contributed by atoms with Crippen molar-refractivity contribution in [1.82, 2.24) is 9.97 Å². The normalized spacial score (nSPS) is 11.2. The molecule has 4 N–H and O–H groups in total. The van der Waals surface area contributed by atoms with E-state index in [1.165, 1.54) is 6.33 Å². The monoisotopic (exact) mass is 246 g/mol. The molecule has 0 spiro atoms. The molecular formula is C13H16N3O2. The van der Waals surface area contributed by atoms with Crippen molar-refractivity contribution in [3.05, 3.63) is 61.0 Å². The molecule has 0 amide bonds. The summed E-state index contributed by atoms with van der Waals surface area (Å²) in [6, 6.07) is 9.01. The Kier molecular flexibility index (Phi) is 5.60. The maximum absolute atomic E-state index is 10.3. The van der Waals surface area contributed by atoms with Crippen molar-refractivity contribution in [3.8, 4) is 0 Å². The van der Waals surface area contributed by atoms with E-state index in [2.05, 4.69) is 16.9 Å². The first kappa shape index (κ1) is 13.9. The van der Waals surface area contributed by atoms with Gasteiger partial charge in [0.25, 0.3) is 0 Å². The Bertz CT molecular complexity index is 454. The van der Waals surface area contributed by atoms with Crippen LogP contribution in [-0.2, 0) is 11.2 Å². The molecule has 5 nitrogen and oxygen atoms in total. The third-order valence-electron chi connectivity index (χ3n) is 2.14. The molecule has 18 heavy (non-hydrogen) atoms. The Labute approximate surface area is 106 Å². The lowest BCUT2D eigenvalue weighted by Gasteiger charge is -2.01. The molecule has 1 aromatic carbocycles. The van der Waals surface area contributed by atoms with E-state index in [9.17, 15) is 4.79 Å². The average Bonchev–Trinajstić information content (AvgIpc) is 2.83. The molecule has 0 fully saturated rings. The number of hydrogen-bond donors (Lipinski definition) is 3. The number of hydrogen-bond acceptors (Lipinski definition) is 3. The van der Waals surface area contributed by atoms with Gasteiger partial charge in [-0.15, -0.1) is 0 Å². The number of carbonyl (C=O) groups is 1. The highest BCUT2D eigenvalue weighted by molar-refractivity contribution is 5.73. The van der Waals surface area contributed by atoms with Crippen LogP contribution in [0.5, 0.6) is 0 Å². The fraction of sp³-hybridized carbons (Fsp3) is 0.154. The van der Waals surface area contributed by atoms with Crippen LogP contribution in [0.3, 0.4) is 0 Å². The Hall–Kier alpha value is -2.14. The summed E-state index contributed by atoms with van der Waals surface area (Å²) in [7, 11) is 0. The van der Waals surface area contributed by atoms with Gasteiger partial charge in [0.2, 0.25) is 0 Å². The van der Waals surface area contributed by atoms with Crippen molar-refractivity contribution in [3.63, 3.8) is 0 Å². The van der Waals surface area contributed by atoms with Crippen molar-refractivity contribution in [2.24, 2.45) is 5.73 Å². The van der Waals surface area contributed by atoms with Crippen LogP contribution in [0.1, 0.15) is 11.3 Å². The summed E-state index contributed by atoms with van der Waals surface area (Å²) in [5.41, 5.74) is 6.99. The number of H-pyrrole nitrogens is 1. The molecule has 1 aromatic heterocycles. The second kappa shape index (κ2) is 7.24. The van der Waals surface area contributed by atoms with Gasteiger partial charge in [-0.25, -0.2) is 4.98 Å². The summed E-state index contributed by atoms with van der Waals surface area (Å²) in [5, 5.41) is 8.42. The van der Waals surface area contributed by atoms with Crippen LogP contribution in [0.25, 0.3) is 0 Å². The zero-order valence-corrected chi connectivity index (χ0v) is 9.91. The van der Waals surface area contributed by atoms with Gasteiger partial charge in [-0.2, -0.15) is 0 Å². The molecule has 2 aromatic rings. The van der Waals surface area contributed by atoms with E-state index in [-0.39, 0.29) is 6.42 Å². The standard InChI is InChI=1S/C7H7.C6H9N3O2/c1-7-5-3-2-4-6-7;7-5(6(10)11)1-4-2-8-3-9-4/h2-6H,1H2;2-3,5H,1,7H2,(H,8,9)(H,10,11). The van der Waals surface area contributed by atoms with Crippen LogP contribution in [0.4, 0.5) is 0 Å². The number of aromatic amines is 1. The summed E-state index contributed by atoms with van der Waals surface area (Å²) < 4.78 is 0. The highest BCUT2D eigenvalue weighted by Crippen LogP contribution is 1.95. The van der Waals surface area contributed by atoms with Gasteiger partial charge >= 0.3 is 5.97 Å². The van der Waals surface area contributed by atoms with Crippen molar-refractivity contribution in [1.29, 1.82) is 0 Å². The lowest BCUT2D eigenvalue weighted by molar-refractivity contribution is -0.138. The van der Waals surface area contributed by atoms with Crippen LogP contribution in [0.15, 0.2) is 42.9 Å². The number of carboxylic acid groups (broad SMARTS) is 1. The first-order valence-electron chi connectivity index (χ1n) is 5.42. The van der Waals surface area contributed by atoms with E-state index < -0.39 is 12.0 Å². The minimum absolute atomic E-state index is 0.263. The number of carboxylic acids is 1. The van der Waals surface area contributed by atoms with Crippen molar-refractivity contribution < 1.29 is 9.90 Å². The van der Waals surface area contributed by atoms with Crippen LogP contribution in [-0.4, -0.2) is 27.1 Å². The largest absolute Gasteiger partial charge is 0.480 e. The van der Waals surface area contributed by atoms with E-state index in [0.717, 1.165) is 5.56 Å². The van der Waals surface area contributed by atoms with Gasteiger partial charge in [0, 0.05) is 12.6 Å². The lowest BCUT2D eigenvalue weighted by Crippen LogP contribution is -2.32. The molecular weight excluding hydrogens is 230 g/mol. The van der Waals surface area contributed by atoms with Gasteiger partial charge in [-0.3, -0.25) is 4.79 Å². The second-order valence-electron chi connectivity index (χ2n) is 3.69. The van der Waals surface area contributed by atoms with Gasteiger partial charge < -0.3 is 15.8 Å². The summed E-state index contributed by atoms with van der Waals surface area (Å²) in [4.78, 5) is 16.8. The van der Waals surface area contributed by atoms with Gasteiger partial charge in [0.15, 0.2) is 0 Å². The van der Waals surface area contributed by atoms with Crippen LogP contribution in [0.2, 0.25) is 0 Å². The van der Waals surface area contributed by atoms with Gasteiger partial charge in [0.05, 0.1) is 12.0 Å². The Morgan fingerprint density at radius 2 is 2.11 bits per heavy atom. The Balaban J connectivity index is 0.000000199. The second-order valence-corrected chi connectivity index (χ2v) is 3.69. The lowest BCUT2D eigenvalue weighted by atomic mass is 10.2. The maximum atomic E-state index is 10.3. The van der Waals surface area contributed by atoms with E-state index in [0.29, 0.717) is 5.69 Å².